The van der Waals surface area contributed by atoms with Crippen LogP contribution in [-0.4, -0.2) is 52.0 Å². The van der Waals surface area contributed by atoms with E-state index in [2.05, 4.69) is 19.2 Å². The number of methoxy groups -OCH3 is 1. The van der Waals surface area contributed by atoms with Crippen LogP contribution in [0.2, 0.25) is 0 Å². The van der Waals surface area contributed by atoms with E-state index in [1.54, 1.807) is 19.2 Å². The highest BCUT2D eigenvalue weighted by molar-refractivity contribution is 7.89. The van der Waals surface area contributed by atoms with E-state index in [4.69, 9.17) is 9.47 Å². The Bertz CT molecular complexity index is 983. The lowest BCUT2D eigenvalue weighted by Gasteiger charge is -2.26. The van der Waals surface area contributed by atoms with E-state index in [1.165, 1.54) is 16.4 Å². The maximum atomic E-state index is 13.0. The summed E-state index contributed by atoms with van der Waals surface area (Å²) in [5.41, 5.74) is 1.29. The van der Waals surface area contributed by atoms with Crippen LogP contribution in [0.4, 0.5) is 0 Å². The molecule has 1 amide bonds. The van der Waals surface area contributed by atoms with Crippen LogP contribution in [0.5, 0.6) is 5.75 Å². The second kappa shape index (κ2) is 10.3. The summed E-state index contributed by atoms with van der Waals surface area (Å²) in [5, 5.41) is 3.07. The molecule has 0 saturated carbocycles. The van der Waals surface area contributed by atoms with Gasteiger partial charge in [-0.1, -0.05) is 32.0 Å². The van der Waals surface area contributed by atoms with Crippen molar-refractivity contribution in [2.24, 2.45) is 5.92 Å². The molecular formula is C23H30N2O5S. The number of ether oxygens (including phenoxy) is 2. The number of hydrogen-bond donors (Lipinski definition) is 1. The lowest BCUT2D eigenvalue weighted by atomic mass is 9.96. The molecule has 1 heterocycles. The number of carbonyl (C=O) groups excluding carboxylic acids is 1. The van der Waals surface area contributed by atoms with Gasteiger partial charge in [-0.05, 0) is 48.2 Å². The summed E-state index contributed by atoms with van der Waals surface area (Å²) in [6.07, 6.45) is 0.754. The van der Waals surface area contributed by atoms with E-state index in [0.29, 0.717) is 37.8 Å². The maximum Gasteiger partial charge on any atom is 0.251 e. The first kappa shape index (κ1) is 23.2. The smallest absolute Gasteiger partial charge is 0.251 e. The Morgan fingerprint density at radius 2 is 1.81 bits per heavy atom. The molecule has 8 heteroatoms. The van der Waals surface area contributed by atoms with Gasteiger partial charge in [0.2, 0.25) is 10.0 Å². The first-order chi connectivity index (χ1) is 14.8. The molecule has 3 rings (SSSR count). The zero-order valence-electron chi connectivity index (χ0n) is 18.2. The van der Waals surface area contributed by atoms with Crippen molar-refractivity contribution in [2.45, 2.75) is 31.2 Å². The molecular weight excluding hydrogens is 416 g/mol. The van der Waals surface area contributed by atoms with Crippen molar-refractivity contribution < 1.29 is 22.7 Å². The van der Waals surface area contributed by atoms with Crippen LogP contribution < -0.4 is 10.1 Å². The standard InChI is InChI=1S/C23H30N2O5S/c1-17(2)15-22(18-7-9-20(29-3)10-8-18)24-23(26)19-5-4-6-21(16-19)31(27,28)25-11-13-30-14-12-25/h4-10,16-17,22H,11-15H2,1-3H3,(H,24,26). The molecule has 2 aromatic rings. The Labute approximate surface area is 184 Å². The molecule has 31 heavy (non-hydrogen) atoms. The fraction of sp³-hybridized carbons (Fsp3) is 0.435. The number of benzene rings is 2. The number of nitrogens with zero attached hydrogens (tertiary/aromatic N) is 1. The Morgan fingerprint density at radius 3 is 2.42 bits per heavy atom. The van der Waals surface area contributed by atoms with Gasteiger partial charge >= 0.3 is 0 Å². The topological polar surface area (TPSA) is 84.9 Å². The minimum absolute atomic E-state index is 0.118. The third-order valence-electron chi connectivity index (χ3n) is 5.23. The third kappa shape index (κ3) is 5.84. The van der Waals surface area contributed by atoms with Crippen LogP contribution in [0.15, 0.2) is 53.4 Å². The Kier molecular flexibility index (Phi) is 7.69. The first-order valence-electron chi connectivity index (χ1n) is 10.4. The van der Waals surface area contributed by atoms with E-state index < -0.39 is 10.0 Å². The molecule has 1 unspecified atom stereocenters. The van der Waals surface area contributed by atoms with Gasteiger partial charge < -0.3 is 14.8 Å². The Morgan fingerprint density at radius 1 is 1.13 bits per heavy atom. The minimum atomic E-state index is -3.67. The molecule has 0 radical (unpaired) electrons. The van der Waals surface area contributed by atoms with Crippen molar-refractivity contribution in [3.05, 3.63) is 59.7 Å². The van der Waals surface area contributed by atoms with Gasteiger partial charge in [-0.2, -0.15) is 4.31 Å². The first-order valence-corrected chi connectivity index (χ1v) is 11.9. The van der Waals surface area contributed by atoms with E-state index >= 15 is 0 Å². The van der Waals surface area contributed by atoms with Crippen LogP contribution in [0, 0.1) is 5.92 Å². The minimum Gasteiger partial charge on any atom is -0.497 e. The number of sulfonamides is 1. The molecule has 1 N–H and O–H groups in total. The second-order valence-corrected chi connectivity index (χ2v) is 9.91. The van der Waals surface area contributed by atoms with E-state index in [-0.39, 0.29) is 16.8 Å². The van der Waals surface area contributed by atoms with Gasteiger partial charge in [0.05, 0.1) is 31.3 Å². The second-order valence-electron chi connectivity index (χ2n) is 7.97. The summed E-state index contributed by atoms with van der Waals surface area (Å²) >= 11 is 0. The molecule has 1 fully saturated rings. The fourth-order valence-electron chi connectivity index (χ4n) is 3.56. The quantitative estimate of drug-likeness (QED) is 0.673. The van der Waals surface area contributed by atoms with Crippen molar-refractivity contribution in [3.8, 4) is 5.75 Å². The molecule has 0 bridgehead atoms. The summed E-state index contributed by atoms with van der Waals surface area (Å²) in [7, 11) is -2.05. The van der Waals surface area contributed by atoms with Crippen LogP contribution in [0.25, 0.3) is 0 Å². The number of rotatable bonds is 8. The molecule has 1 aliphatic heterocycles. The molecule has 7 nitrogen and oxygen atoms in total. The predicted molar refractivity (Wildman–Crippen MR) is 119 cm³/mol. The normalized spacial score (nSPS) is 16.1. The average molecular weight is 447 g/mol. The van der Waals surface area contributed by atoms with Gasteiger partial charge in [0.15, 0.2) is 0 Å². The van der Waals surface area contributed by atoms with Crippen LogP contribution in [0.1, 0.15) is 42.2 Å². The summed E-state index contributed by atoms with van der Waals surface area (Å²) in [6.45, 7) is 5.56. The number of carbonyl (C=O) groups is 1. The van der Waals surface area contributed by atoms with Crippen LogP contribution >= 0.6 is 0 Å². The third-order valence-corrected chi connectivity index (χ3v) is 7.13. The predicted octanol–water partition coefficient (Wildman–Crippen LogP) is 3.23. The van der Waals surface area contributed by atoms with Crippen molar-refractivity contribution >= 4 is 15.9 Å². The van der Waals surface area contributed by atoms with Gasteiger partial charge in [0.1, 0.15) is 5.75 Å². The molecule has 0 aliphatic carbocycles. The fourth-order valence-corrected chi connectivity index (χ4v) is 5.02. The molecule has 168 valence electrons. The molecule has 1 atom stereocenters. The molecule has 1 saturated heterocycles. The lowest BCUT2D eigenvalue weighted by molar-refractivity contribution is 0.0730. The number of morpholine rings is 1. The number of hydrogen-bond acceptors (Lipinski definition) is 5. The molecule has 0 aromatic heterocycles. The summed E-state index contributed by atoms with van der Waals surface area (Å²) in [4.78, 5) is 13.1. The highest BCUT2D eigenvalue weighted by atomic mass is 32.2. The SMILES string of the molecule is COc1ccc(C(CC(C)C)NC(=O)c2cccc(S(=O)(=O)N3CCOCC3)c2)cc1. The van der Waals surface area contributed by atoms with Gasteiger partial charge in [0.25, 0.3) is 5.91 Å². The van der Waals surface area contributed by atoms with Crippen molar-refractivity contribution in [3.63, 3.8) is 0 Å². The van der Waals surface area contributed by atoms with E-state index in [1.807, 2.05) is 24.3 Å². The monoisotopic (exact) mass is 446 g/mol. The number of amides is 1. The highest BCUT2D eigenvalue weighted by Crippen LogP contribution is 2.25. The Balaban J connectivity index is 1.81. The maximum absolute atomic E-state index is 13.0. The van der Waals surface area contributed by atoms with Gasteiger partial charge in [0, 0.05) is 18.7 Å². The zero-order chi connectivity index (χ0) is 22.4. The number of nitrogens with one attached hydrogen (secondary N) is 1. The highest BCUT2D eigenvalue weighted by Gasteiger charge is 2.27. The van der Waals surface area contributed by atoms with Crippen molar-refractivity contribution in [2.75, 3.05) is 33.4 Å². The van der Waals surface area contributed by atoms with Crippen LogP contribution in [0.3, 0.4) is 0 Å². The zero-order valence-corrected chi connectivity index (χ0v) is 19.0. The van der Waals surface area contributed by atoms with Gasteiger partial charge in [-0.3, -0.25) is 4.79 Å². The van der Waals surface area contributed by atoms with Gasteiger partial charge in [-0.15, -0.1) is 0 Å². The van der Waals surface area contributed by atoms with Crippen molar-refractivity contribution in [1.29, 1.82) is 0 Å². The lowest BCUT2D eigenvalue weighted by Crippen LogP contribution is -2.40. The summed E-state index contributed by atoms with van der Waals surface area (Å²) < 4.78 is 37.7. The Hall–Kier alpha value is -2.42. The van der Waals surface area contributed by atoms with E-state index in [0.717, 1.165) is 17.7 Å². The summed E-state index contributed by atoms with van der Waals surface area (Å²) in [6, 6.07) is 13.6. The van der Waals surface area contributed by atoms with E-state index in [9.17, 15) is 13.2 Å². The molecule has 2 aromatic carbocycles. The largest absolute Gasteiger partial charge is 0.497 e. The van der Waals surface area contributed by atoms with Gasteiger partial charge in [-0.25, -0.2) is 8.42 Å². The van der Waals surface area contributed by atoms with Crippen LogP contribution in [-0.2, 0) is 14.8 Å². The molecule has 0 spiro atoms. The average Bonchev–Trinajstić information content (AvgIpc) is 2.79. The summed E-state index contributed by atoms with van der Waals surface area (Å²) in [5.74, 6) is 0.806. The molecule has 1 aliphatic rings. The van der Waals surface area contributed by atoms with Crippen molar-refractivity contribution in [1.82, 2.24) is 9.62 Å².